The summed E-state index contributed by atoms with van der Waals surface area (Å²) in [4.78, 5) is 31.0. The van der Waals surface area contributed by atoms with Crippen LogP contribution in [0.2, 0.25) is 0 Å². The van der Waals surface area contributed by atoms with Crippen LogP contribution in [-0.2, 0) is 11.3 Å². The molecule has 0 bridgehead atoms. The van der Waals surface area contributed by atoms with Gasteiger partial charge in [0.15, 0.2) is 0 Å². The molecule has 0 spiro atoms. The Bertz CT molecular complexity index is 779. The lowest BCUT2D eigenvalue weighted by molar-refractivity contribution is -0.902. The summed E-state index contributed by atoms with van der Waals surface area (Å²) in [5.41, 5.74) is 1.60. The number of rotatable bonds is 7. The molecule has 0 atom stereocenters. The Morgan fingerprint density at radius 1 is 1.14 bits per heavy atom. The van der Waals surface area contributed by atoms with Gasteiger partial charge in [-0.1, -0.05) is 30.3 Å². The molecule has 1 aliphatic heterocycles. The maximum atomic E-state index is 13.0. The van der Waals surface area contributed by atoms with Crippen molar-refractivity contribution in [1.82, 2.24) is 9.80 Å². The number of furan rings is 1. The van der Waals surface area contributed by atoms with Crippen molar-refractivity contribution in [3.05, 3.63) is 59.5 Å². The zero-order valence-electron chi connectivity index (χ0n) is 16.8. The van der Waals surface area contributed by atoms with Gasteiger partial charge in [0.2, 0.25) is 5.91 Å². The number of piperazine rings is 1. The first-order valence-corrected chi connectivity index (χ1v) is 10.1. The standard InChI is InChI=1S/C22H29N3O3/c1-3-23-12-14-24(15-13-23)21(26)9-11-25(17-19-7-5-4-6-8-19)22(27)20-10-16-28-18(20)2/h4-8,10,16H,3,9,11-15,17H2,1-2H3/p+1. The predicted octanol–water partition coefficient (Wildman–Crippen LogP) is 1.37. The molecule has 6 nitrogen and oxygen atoms in total. The predicted molar refractivity (Wildman–Crippen MR) is 107 cm³/mol. The van der Waals surface area contributed by atoms with Crippen LogP contribution in [-0.4, -0.2) is 60.9 Å². The number of carbonyl (C=O) groups excluding carboxylic acids is 2. The molecule has 0 saturated carbocycles. The van der Waals surface area contributed by atoms with Crippen molar-refractivity contribution in [2.45, 2.75) is 26.8 Å². The number of amides is 2. The third-order valence-corrected chi connectivity index (χ3v) is 5.51. The molecule has 1 N–H and O–H groups in total. The highest BCUT2D eigenvalue weighted by atomic mass is 16.3. The Balaban J connectivity index is 1.64. The first-order chi connectivity index (χ1) is 13.6. The summed E-state index contributed by atoms with van der Waals surface area (Å²) in [6.07, 6.45) is 1.88. The van der Waals surface area contributed by atoms with E-state index in [4.69, 9.17) is 4.42 Å². The molecule has 0 radical (unpaired) electrons. The van der Waals surface area contributed by atoms with Crippen LogP contribution in [0.25, 0.3) is 0 Å². The molecule has 2 heterocycles. The molecule has 1 aliphatic rings. The highest BCUT2D eigenvalue weighted by Gasteiger charge is 2.25. The number of benzene rings is 1. The maximum Gasteiger partial charge on any atom is 0.257 e. The summed E-state index contributed by atoms with van der Waals surface area (Å²) in [5, 5.41) is 0. The van der Waals surface area contributed by atoms with Crippen molar-refractivity contribution in [3.63, 3.8) is 0 Å². The van der Waals surface area contributed by atoms with Crippen LogP contribution in [0.15, 0.2) is 47.1 Å². The van der Waals surface area contributed by atoms with Crippen LogP contribution in [0, 0.1) is 6.92 Å². The lowest BCUT2D eigenvalue weighted by Gasteiger charge is -2.32. The topological polar surface area (TPSA) is 58.2 Å². The average Bonchev–Trinajstić information content (AvgIpc) is 3.17. The third kappa shape index (κ3) is 5.01. The lowest BCUT2D eigenvalue weighted by atomic mass is 10.1. The van der Waals surface area contributed by atoms with Gasteiger partial charge in [0.1, 0.15) is 5.76 Å². The molecule has 1 saturated heterocycles. The number of nitrogens with zero attached hydrogens (tertiary/aromatic N) is 2. The summed E-state index contributed by atoms with van der Waals surface area (Å²) in [7, 11) is 0. The summed E-state index contributed by atoms with van der Waals surface area (Å²) in [6.45, 7) is 9.55. The molecule has 28 heavy (non-hydrogen) atoms. The summed E-state index contributed by atoms with van der Waals surface area (Å²) in [5.74, 6) is 0.640. The van der Waals surface area contributed by atoms with Gasteiger partial charge in [-0.2, -0.15) is 0 Å². The van der Waals surface area contributed by atoms with E-state index in [0.29, 0.717) is 30.8 Å². The van der Waals surface area contributed by atoms with Gasteiger partial charge in [-0.15, -0.1) is 0 Å². The lowest BCUT2D eigenvalue weighted by Crippen LogP contribution is -3.14. The minimum absolute atomic E-state index is 0.0943. The molecule has 1 fully saturated rings. The number of hydrogen-bond donors (Lipinski definition) is 1. The molecule has 1 aromatic heterocycles. The Morgan fingerprint density at radius 2 is 1.86 bits per heavy atom. The van der Waals surface area contributed by atoms with Gasteiger partial charge in [-0.3, -0.25) is 9.59 Å². The van der Waals surface area contributed by atoms with E-state index in [1.54, 1.807) is 22.8 Å². The second-order valence-corrected chi connectivity index (χ2v) is 7.34. The van der Waals surface area contributed by atoms with E-state index < -0.39 is 0 Å². The van der Waals surface area contributed by atoms with Crippen molar-refractivity contribution in [3.8, 4) is 0 Å². The minimum Gasteiger partial charge on any atom is -0.469 e. The van der Waals surface area contributed by atoms with Crippen molar-refractivity contribution in [2.24, 2.45) is 0 Å². The van der Waals surface area contributed by atoms with Crippen LogP contribution >= 0.6 is 0 Å². The monoisotopic (exact) mass is 384 g/mol. The van der Waals surface area contributed by atoms with Gasteiger partial charge in [0.25, 0.3) is 5.91 Å². The molecule has 2 amide bonds. The summed E-state index contributed by atoms with van der Waals surface area (Å²) in [6, 6.07) is 11.6. The minimum atomic E-state index is -0.0943. The van der Waals surface area contributed by atoms with Crippen LogP contribution in [0.1, 0.15) is 35.0 Å². The largest absolute Gasteiger partial charge is 0.469 e. The molecule has 3 rings (SSSR count). The highest BCUT2D eigenvalue weighted by Crippen LogP contribution is 2.15. The van der Waals surface area contributed by atoms with E-state index in [1.807, 2.05) is 35.2 Å². The number of quaternary nitrogens is 1. The molecule has 150 valence electrons. The van der Waals surface area contributed by atoms with Gasteiger partial charge in [-0.25, -0.2) is 0 Å². The molecule has 0 unspecified atom stereocenters. The van der Waals surface area contributed by atoms with E-state index in [1.165, 1.54) is 6.26 Å². The number of aryl methyl sites for hydroxylation is 1. The molecule has 6 heteroatoms. The van der Waals surface area contributed by atoms with Crippen LogP contribution in [0.4, 0.5) is 0 Å². The van der Waals surface area contributed by atoms with Crippen LogP contribution in [0.5, 0.6) is 0 Å². The molecule has 1 aromatic carbocycles. The Hall–Kier alpha value is -2.60. The molecular weight excluding hydrogens is 354 g/mol. The number of likely N-dealkylation sites (N-methyl/N-ethyl adjacent to an activating group) is 1. The fourth-order valence-electron chi connectivity index (χ4n) is 3.65. The zero-order valence-corrected chi connectivity index (χ0v) is 16.8. The SMILES string of the molecule is CC[NH+]1CCN(C(=O)CCN(Cc2ccccc2)C(=O)c2ccoc2C)CC1. The van der Waals surface area contributed by atoms with Gasteiger partial charge in [0.05, 0.1) is 44.6 Å². The van der Waals surface area contributed by atoms with Crippen molar-refractivity contribution in [2.75, 3.05) is 39.3 Å². The van der Waals surface area contributed by atoms with E-state index in [9.17, 15) is 9.59 Å². The maximum absolute atomic E-state index is 13.0. The fourth-order valence-corrected chi connectivity index (χ4v) is 3.65. The smallest absolute Gasteiger partial charge is 0.257 e. The van der Waals surface area contributed by atoms with Crippen molar-refractivity contribution < 1.29 is 18.9 Å². The number of nitrogens with one attached hydrogen (secondary N) is 1. The van der Waals surface area contributed by atoms with Crippen LogP contribution in [0.3, 0.4) is 0 Å². The Labute approximate surface area is 166 Å². The Kier molecular flexibility index (Phi) is 6.87. The van der Waals surface area contributed by atoms with E-state index in [0.717, 1.165) is 38.3 Å². The van der Waals surface area contributed by atoms with Crippen molar-refractivity contribution in [1.29, 1.82) is 0 Å². The Morgan fingerprint density at radius 3 is 2.46 bits per heavy atom. The summed E-state index contributed by atoms with van der Waals surface area (Å²) < 4.78 is 5.30. The second kappa shape index (κ2) is 9.55. The van der Waals surface area contributed by atoms with E-state index in [2.05, 4.69) is 6.92 Å². The first kappa shape index (κ1) is 20.1. The molecule has 2 aromatic rings. The molecular formula is C22H30N3O3+. The third-order valence-electron chi connectivity index (χ3n) is 5.51. The quantitative estimate of drug-likeness (QED) is 0.784. The van der Waals surface area contributed by atoms with Crippen LogP contribution < -0.4 is 4.90 Å². The number of carbonyl (C=O) groups is 2. The van der Waals surface area contributed by atoms with E-state index >= 15 is 0 Å². The fraction of sp³-hybridized carbons (Fsp3) is 0.455. The van der Waals surface area contributed by atoms with Crippen molar-refractivity contribution >= 4 is 11.8 Å². The van der Waals surface area contributed by atoms with Gasteiger partial charge >= 0.3 is 0 Å². The highest BCUT2D eigenvalue weighted by molar-refractivity contribution is 5.95. The van der Waals surface area contributed by atoms with E-state index in [-0.39, 0.29) is 11.8 Å². The average molecular weight is 385 g/mol. The second-order valence-electron chi connectivity index (χ2n) is 7.34. The first-order valence-electron chi connectivity index (χ1n) is 10.1. The van der Waals surface area contributed by atoms with Gasteiger partial charge in [-0.05, 0) is 25.5 Å². The normalized spacial score (nSPS) is 14.9. The number of hydrogen-bond acceptors (Lipinski definition) is 3. The summed E-state index contributed by atoms with van der Waals surface area (Å²) >= 11 is 0. The van der Waals surface area contributed by atoms with Gasteiger partial charge < -0.3 is 19.1 Å². The van der Waals surface area contributed by atoms with Gasteiger partial charge in [0, 0.05) is 19.5 Å². The zero-order chi connectivity index (χ0) is 19.9. The molecule has 0 aliphatic carbocycles.